The van der Waals surface area contributed by atoms with Crippen molar-refractivity contribution in [2.45, 2.75) is 33.4 Å². The van der Waals surface area contributed by atoms with Gasteiger partial charge in [-0.25, -0.2) is 0 Å². The van der Waals surface area contributed by atoms with Crippen molar-refractivity contribution in [3.63, 3.8) is 0 Å². The quantitative estimate of drug-likeness (QED) is 0.595. The molecule has 0 aliphatic heterocycles. The Kier molecular flexibility index (Phi) is 6.39. The van der Waals surface area contributed by atoms with Gasteiger partial charge in [0, 0.05) is 25.8 Å². The minimum Gasteiger partial charge on any atom is -0.363 e. The van der Waals surface area contributed by atoms with E-state index in [2.05, 4.69) is 62.9 Å². The summed E-state index contributed by atoms with van der Waals surface area (Å²) in [6.07, 6.45) is 2.98. The van der Waals surface area contributed by atoms with Crippen LogP contribution in [0.2, 0.25) is 0 Å². The number of nitrogens with zero attached hydrogens (tertiary/aromatic N) is 2. The molecule has 0 amide bonds. The van der Waals surface area contributed by atoms with Crippen LogP contribution in [0.25, 0.3) is 0 Å². The molecule has 118 valence electrons. The summed E-state index contributed by atoms with van der Waals surface area (Å²) >= 11 is 8.75. The van der Waals surface area contributed by atoms with E-state index in [4.69, 9.17) is 12.2 Å². The first-order chi connectivity index (χ1) is 10.5. The predicted octanol–water partition coefficient (Wildman–Crippen LogP) is 3.32. The second-order valence-electron chi connectivity index (χ2n) is 5.27. The molecule has 2 aromatic rings. The van der Waals surface area contributed by atoms with Crippen molar-refractivity contribution < 1.29 is 0 Å². The highest BCUT2D eigenvalue weighted by Crippen LogP contribution is 2.13. The van der Waals surface area contributed by atoms with Gasteiger partial charge in [-0.15, -0.1) is 0 Å². The molecule has 2 rings (SSSR count). The Bertz CT molecular complexity index is 602. The number of nitrogens with one attached hydrogen (secondary N) is 2. The second kappa shape index (κ2) is 8.29. The zero-order valence-electron chi connectivity index (χ0n) is 12.9. The van der Waals surface area contributed by atoms with Crippen LogP contribution in [0.1, 0.15) is 23.2 Å². The Morgan fingerprint density at radius 1 is 1.23 bits per heavy atom. The van der Waals surface area contributed by atoms with Crippen LogP contribution in [-0.2, 0) is 13.1 Å². The number of hydrogen-bond acceptors (Lipinski definition) is 2. The molecular formula is C16H21BrN4S. The first-order valence-corrected chi connectivity index (χ1v) is 8.51. The monoisotopic (exact) mass is 380 g/mol. The molecule has 0 saturated carbocycles. The minimum absolute atomic E-state index is 0.693. The standard InChI is InChI=1S/C16H21BrN4S/c1-12-4-6-14(7-5-12)10-19-16(22)18-8-3-9-21-11-15(17)13(2)20-21/h4-7,11H,3,8-10H2,1-2H3,(H2,18,19,22). The summed E-state index contributed by atoms with van der Waals surface area (Å²) in [5, 5.41) is 11.5. The third-order valence-corrected chi connectivity index (χ3v) is 4.38. The van der Waals surface area contributed by atoms with Crippen LogP contribution in [0, 0.1) is 13.8 Å². The van der Waals surface area contributed by atoms with Crippen LogP contribution in [-0.4, -0.2) is 21.4 Å². The smallest absolute Gasteiger partial charge is 0.166 e. The zero-order valence-corrected chi connectivity index (χ0v) is 15.3. The Morgan fingerprint density at radius 3 is 2.59 bits per heavy atom. The van der Waals surface area contributed by atoms with Crippen molar-refractivity contribution >= 4 is 33.3 Å². The van der Waals surface area contributed by atoms with E-state index < -0.39 is 0 Å². The molecule has 0 aliphatic carbocycles. The van der Waals surface area contributed by atoms with Gasteiger partial charge >= 0.3 is 0 Å². The maximum absolute atomic E-state index is 5.28. The molecule has 0 spiro atoms. The average Bonchev–Trinajstić information content (AvgIpc) is 2.82. The highest BCUT2D eigenvalue weighted by molar-refractivity contribution is 9.10. The van der Waals surface area contributed by atoms with E-state index in [1.807, 2.05) is 17.8 Å². The summed E-state index contributed by atoms with van der Waals surface area (Å²) in [7, 11) is 0. The van der Waals surface area contributed by atoms with Gasteiger partial charge in [0.25, 0.3) is 0 Å². The summed E-state index contributed by atoms with van der Waals surface area (Å²) in [5.74, 6) is 0. The minimum atomic E-state index is 0.693. The van der Waals surface area contributed by atoms with Crippen LogP contribution in [0.3, 0.4) is 0 Å². The van der Waals surface area contributed by atoms with E-state index in [-0.39, 0.29) is 0 Å². The largest absolute Gasteiger partial charge is 0.363 e. The third-order valence-electron chi connectivity index (χ3n) is 3.31. The van der Waals surface area contributed by atoms with Gasteiger partial charge < -0.3 is 10.6 Å². The summed E-state index contributed by atoms with van der Waals surface area (Å²) in [6.45, 7) is 6.53. The molecule has 4 nitrogen and oxygen atoms in total. The first kappa shape index (κ1) is 17.0. The van der Waals surface area contributed by atoms with Crippen molar-refractivity contribution in [3.05, 3.63) is 51.8 Å². The Balaban J connectivity index is 1.62. The maximum atomic E-state index is 5.28. The molecule has 0 unspecified atom stereocenters. The molecular weight excluding hydrogens is 360 g/mol. The molecule has 1 aromatic carbocycles. The first-order valence-electron chi connectivity index (χ1n) is 7.31. The van der Waals surface area contributed by atoms with Crippen molar-refractivity contribution in [1.82, 2.24) is 20.4 Å². The van der Waals surface area contributed by atoms with Crippen molar-refractivity contribution in [2.24, 2.45) is 0 Å². The molecule has 22 heavy (non-hydrogen) atoms. The van der Waals surface area contributed by atoms with E-state index in [1.165, 1.54) is 11.1 Å². The highest BCUT2D eigenvalue weighted by Gasteiger charge is 2.01. The van der Waals surface area contributed by atoms with Crippen molar-refractivity contribution in [1.29, 1.82) is 0 Å². The fourth-order valence-electron chi connectivity index (χ4n) is 2.00. The normalized spacial score (nSPS) is 10.5. The van der Waals surface area contributed by atoms with E-state index in [0.29, 0.717) is 5.11 Å². The van der Waals surface area contributed by atoms with Crippen LogP contribution >= 0.6 is 28.1 Å². The lowest BCUT2D eigenvalue weighted by Crippen LogP contribution is -2.35. The van der Waals surface area contributed by atoms with Gasteiger partial charge in [0.1, 0.15) is 0 Å². The fourth-order valence-corrected chi connectivity index (χ4v) is 2.49. The second-order valence-corrected chi connectivity index (χ2v) is 6.54. The van der Waals surface area contributed by atoms with E-state index in [1.54, 1.807) is 0 Å². The number of aromatic nitrogens is 2. The van der Waals surface area contributed by atoms with E-state index in [9.17, 15) is 0 Å². The van der Waals surface area contributed by atoms with Crippen LogP contribution in [0.15, 0.2) is 34.9 Å². The molecule has 0 atom stereocenters. The van der Waals surface area contributed by atoms with Crippen LogP contribution in [0.5, 0.6) is 0 Å². The third kappa shape index (κ3) is 5.42. The van der Waals surface area contributed by atoms with Gasteiger partial charge in [-0.1, -0.05) is 29.8 Å². The average molecular weight is 381 g/mol. The number of benzene rings is 1. The van der Waals surface area contributed by atoms with Gasteiger partial charge in [-0.2, -0.15) is 5.10 Å². The summed E-state index contributed by atoms with van der Waals surface area (Å²) in [6, 6.07) is 8.45. The van der Waals surface area contributed by atoms with Crippen molar-refractivity contribution in [3.8, 4) is 0 Å². The number of hydrogen-bond donors (Lipinski definition) is 2. The lowest BCUT2D eigenvalue weighted by molar-refractivity contribution is 0.568. The van der Waals surface area contributed by atoms with E-state index >= 15 is 0 Å². The summed E-state index contributed by atoms with van der Waals surface area (Å²) < 4.78 is 3.00. The molecule has 0 saturated heterocycles. The molecule has 2 N–H and O–H groups in total. The Hall–Kier alpha value is -1.40. The molecule has 1 aromatic heterocycles. The summed E-state index contributed by atoms with van der Waals surface area (Å²) in [5.41, 5.74) is 3.51. The molecule has 0 fully saturated rings. The van der Waals surface area contributed by atoms with Crippen LogP contribution < -0.4 is 10.6 Å². The predicted molar refractivity (Wildman–Crippen MR) is 97.9 cm³/mol. The van der Waals surface area contributed by atoms with Gasteiger partial charge in [0.15, 0.2) is 5.11 Å². The van der Waals surface area contributed by atoms with Gasteiger partial charge in [-0.3, -0.25) is 4.68 Å². The Labute approximate surface area is 145 Å². The number of thiocarbonyl (C=S) groups is 1. The molecule has 0 radical (unpaired) electrons. The SMILES string of the molecule is Cc1ccc(CNC(=S)NCCCn2cc(Br)c(C)n2)cc1. The molecule has 0 bridgehead atoms. The molecule has 1 heterocycles. The van der Waals surface area contributed by atoms with Gasteiger partial charge in [-0.05, 0) is 54.0 Å². The number of aryl methyl sites for hydroxylation is 3. The van der Waals surface area contributed by atoms with Gasteiger partial charge in [0.05, 0.1) is 10.2 Å². The maximum Gasteiger partial charge on any atom is 0.166 e. The lowest BCUT2D eigenvalue weighted by atomic mass is 10.1. The Morgan fingerprint density at radius 2 is 1.95 bits per heavy atom. The summed E-state index contributed by atoms with van der Waals surface area (Å²) in [4.78, 5) is 0. The highest BCUT2D eigenvalue weighted by atomic mass is 79.9. The topological polar surface area (TPSA) is 41.9 Å². The van der Waals surface area contributed by atoms with Gasteiger partial charge in [0.2, 0.25) is 0 Å². The number of halogens is 1. The van der Waals surface area contributed by atoms with Crippen LogP contribution in [0.4, 0.5) is 0 Å². The zero-order chi connectivity index (χ0) is 15.9. The lowest BCUT2D eigenvalue weighted by Gasteiger charge is -2.10. The molecule has 6 heteroatoms. The number of rotatable bonds is 6. The fraction of sp³-hybridized carbons (Fsp3) is 0.375. The van der Waals surface area contributed by atoms with E-state index in [0.717, 1.165) is 36.2 Å². The van der Waals surface area contributed by atoms with Crippen molar-refractivity contribution in [2.75, 3.05) is 6.54 Å². The molecule has 0 aliphatic rings.